The van der Waals surface area contributed by atoms with Crippen LogP contribution in [0.1, 0.15) is 16.7 Å². The van der Waals surface area contributed by atoms with Gasteiger partial charge in [-0.05, 0) is 42.0 Å². The number of rotatable bonds is 5. The third-order valence-corrected chi connectivity index (χ3v) is 4.63. The zero-order valence-electron chi connectivity index (χ0n) is 13.8. The van der Waals surface area contributed by atoms with E-state index >= 15 is 0 Å². The van der Waals surface area contributed by atoms with Crippen molar-refractivity contribution in [1.29, 1.82) is 5.41 Å². The van der Waals surface area contributed by atoms with Crippen molar-refractivity contribution < 1.29 is 14.5 Å². The van der Waals surface area contributed by atoms with E-state index in [1.54, 1.807) is 0 Å². The van der Waals surface area contributed by atoms with Crippen molar-refractivity contribution in [2.24, 2.45) is 0 Å². The number of hydrogen-bond donors (Lipinski definition) is 2. The van der Waals surface area contributed by atoms with E-state index < -0.39 is 10.8 Å². The molecule has 0 bridgehead atoms. The Morgan fingerprint density at radius 1 is 1.31 bits per heavy atom. The minimum absolute atomic E-state index is 0.0223. The zero-order valence-corrected chi connectivity index (χ0v) is 14.6. The summed E-state index contributed by atoms with van der Waals surface area (Å²) >= 11 is 0.967. The van der Waals surface area contributed by atoms with E-state index in [0.29, 0.717) is 17.9 Å². The van der Waals surface area contributed by atoms with Gasteiger partial charge in [0, 0.05) is 17.7 Å². The minimum atomic E-state index is -0.503. The number of nitro benzene ring substituents is 1. The molecule has 2 aromatic rings. The summed E-state index contributed by atoms with van der Waals surface area (Å²) < 4.78 is 5.85. The predicted molar refractivity (Wildman–Crippen MR) is 100 cm³/mol. The number of nitro groups is 1. The van der Waals surface area contributed by atoms with Gasteiger partial charge in [-0.3, -0.25) is 20.3 Å². The van der Waals surface area contributed by atoms with Gasteiger partial charge in [-0.2, -0.15) is 0 Å². The molecule has 1 fully saturated rings. The fourth-order valence-corrected chi connectivity index (χ4v) is 3.10. The van der Waals surface area contributed by atoms with Crippen LogP contribution >= 0.6 is 11.8 Å². The van der Waals surface area contributed by atoms with Crippen molar-refractivity contribution in [2.45, 2.75) is 13.5 Å². The molecule has 132 valence electrons. The molecule has 3 rings (SSSR count). The van der Waals surface area contributed by atoms with Gasteiger partial charge < -0.3 is 10.1 Å². The normalized spacial score (nSPS) is 15.2. The molecule has 0 saturated carbocycles. The molecule has 1 aliphatic rings. The summed E-state index contributed by atoms with van der Waals surface area (Å²) in [6, 6.07) is 12.0. The average molecular weight is 369 g/mol. The summed E-state index contributed by atoms with van der Waals surface area (Å²) in [4.78, 5) is 22.7. The Bertz CT molecular complexity index is 940. The first-order valence-electron chi connectivity index (χ1n) is 7.69. The van der Waals surface area contributed by atoms with Crippen molar-refractivity contribution in [2.75, 3.05) is 0 Å². The van der Waals surface area contributed by atoms with E-state index in [2.05, 4.69) is 5.32 Å². The van der Waals surface area contributed by atoms with Gasteiger partial charge in [-0.25, -0.2) is 0 Å². The second-order valence-corrected chi connectivity index (χ2v) is 6.64. The SMILES string of the molecule is Cc1ccccc1COc1ccc([N+](=O)[O-])cc1/C=C1\SC(=N)NC1=O. The van der Waals surface area contributed by atoms with E-state index in [1.165, 1.54) is 24.3 Å². The molecule has 1 heterocycles. The standard InChI is InChI=1S/C18H15N3O4S/c1-11-4-2-3-5-12(11)10-25-15-7-6-14(21(23)24)8-13(15)9-16-17(22)20-18(19)26-16/h2-9H,10H2,1H3,(H2,19,20,22)/b16-9-. The Morgan fingerprint density at radius 2 is 2.08 bits per heavy atom. The van der Waals surface area contributed by atoms with Gasteiger partial charge in [0.2, 0.25) is 0 Å². The lowest BCUT2D eigenvalue weighted by Crippen LogP contribution is -2.18. The van der Waals surface area contributed by atoms with Crippen LogP contribution in [-0.2, 0) is 11.4 Å². The Morgan fingerprint density at radius 3 is 2.73 bits per heavy atom. The number of benzene rings is 2. The summed E-state index contributed by atoms with van der Waals surface area (Å²) in [5.41, 5.74) is 2.39. The Labute approximate surface area is 153 Å². The van der Waals surface area contributed by atoms with Gasteiger partial charge in [0.15, 0.2) is 5.17 Å². The number of amidine groups is 1. The average Bonchev–Trinajstić information content (AvgIpc) is 2.92. The van der Waals surface area contributed by atoms with Crippen LogP contribution in [-0.4, -0.2) is 16.0 Å². The Hall–Kier alpha value is -3.13. The number of non-ortho nitro benzene ring substituents is 1. The lowest BCUT2D eigenvalue weighted by atomic mass is 10.1. The summed E-state index contributed by atoms with van der Waals surface area (Å²) in [7, 11) is 0. The van der Waals surface area contributed by atoms with E-state index in [0.717, 1.165) is 22.9 Å². The second kappa shape index (κ2) is 7.40. The topological polar surface area (TPSA) is 105 Å². The molecular formula is C18H15N3O4S. The van der Waals surface area contributed by atoms with Crippen molar-refractivity contribution >= 4 is 34.6 Å². The van der Waals surface area contributed by atoms with Crippen LogP contribution in [0.2, 0.25) is 0 Å². The van der Waals surface area contributed by atoms with Crippen LogP contribution in [0.5, 0.6) is 5.75 Å². The molecule has 0 spiro atoms. The maximum absolute atomic E-state index is 11.8. The van der Waals surface area contributed by atoms with Crippen LogP contribution in [0.15, 0.2) is 47.4 Å². The molecule has 0 atom stereocenters. The lowest BCUT2D eigenvalue weighted by Gasteiger charge is -2.11. The molecule has 0 radical (unpaired) electrons. The number of nitrogens with zero attached hydrogens (tertiary/aromatic N) is 1. The number of carbonyl (C=O) groups excluding carboxylic acids is 1. The molecule has 1 aliphatic heterocycles. The quantitative estimate of drug-likeness (QED) is 0.476. The fourth-order valence-electron chi connectivity index (χ4n) is 2.40. The molecule has 8 heteroatoms. The number of hydrogen-bond acceptors (Lipinski definition) is 6. The number of aryl methyl sites for hydroxylation is 1. The third kappa shape index (κ3) is 3.92. The summed E-state index contributed by atoms with van der Waals surface area (Å²) in [5, 5.41) is 21.0. The van der Waals surface area contributed by atoms with E-state index in [1.807, 2.05) is 31.2 Å². The monoisotopic (exact) mass is 369 g/mol. The molecule has 26 heavy (non-hydrogen) atoms. The number of carbonyl (C=O) groups is 1. The van der Waals surface area contributed by atoms with Gasteiger partial charge in [-0.15, -0.1) is 0 Å². The van der Waals surface area contributed by atoms with Gasteiger partial charge in [-0.1, -0.05) is 24.3 Å². The molecule has 1 saturated heterocycles. The van der Waals surface area contributed by atoms with Crippen LogP contribution in [0.25, 0.3) is 6.08 Å². The second-order valence-electron chi connectivity index (χ2n) is 5.59. The minimum Gasteiger partial charge on any atom is -0.488 e. The van der Waals surface area contributed by atoms with Crippen molar-refractivity contribution in [1.82, 2.24) is 5.32 Å². The van der Waals surface area contributed by atoms with E-state index in [9.17, 15) is 14.9 Å². The highest BCUT2D eigenvalue weighted by Crippen LogP contribution is 2.31. The lowest BCUT2D eigenvalue weighted by molar-refractivity contribution is -0.384. The molecule has 0 aromatic heterocycles. The first-order valence-corrected chi connectivity index (χ1v) is 8.51. The molecule has 2 aromatic carbocycles. The predicted octanol–water partition coefficient (Wildman–Crippen LogP) is 3.62. The van der Waals surface area contributed by atoms with Gasteiger partial charge in [0.25, 0.3) is 11.6 Å². The Kier molecular flexibility index (Phi) is 5.04. The molecule has 7 nitrogen and oxygen atoms in total. The number of nitrogens with one attached hydrogen (secondary N) is 2. The summed E-state index contributed by atoms with van der Waals surface area (Å²) in [5.74, 6) is 0.0227. The highest BCUT2D eigenvalue weighted by molar-refractivity contribution is 8.18. The number of ether oxygens (including phenoxy) is 1. The molecule has 1 amide bonds. The third-order valence-electron chi connectivity index (χ3n) is 3.80. The largest absolute Gasteiger partial charge is 0.488 e. The van der Waals surface area contributed by atoms with Crippen molar-refractivity contribution in [3.8, 4) is 5.75 Å². The first-order chi connectivity index (χ1) is 12.4. The molecule has 2 N–H and O–H groups in total. The summed E-state index contributed by atoms with van der Waals surface area (Å²) in [6.45, 7) is 2.28. The van der Waals surface area contributed by atoms with Gasteiger partial charge in [0.1, 0.15) is 12.4 Å². The van der Waals surface area contributed by atoms with Gasteiger partial charge in [0.05, 0.1) is 9.83 Å². The molecular weight excluding hydrogens is 354 g/mol. The van der Waals surface area contributed by atoms with Crippen molar-refractivity contribution in [3.05, 3.63) is 74.2 Å². The smallest absolute Gasteiger partial charge is 0.270 e. The first kappa shape index (κ1) is 17.7. The summed E-state index contributed by atoms with van der Waals surface area (Å²) in [6.07, 6.45) is 1.50. The zero-order chi connectivity index (χ0) is 18.7. The van der Waals surface area contributed by atoms with E-state index in [4.69, 9.17) is 10.1 Å². The van der Waals surface area contributed by atoms with Crippen LogP contribution in [0, 0.1) is 22.4 Å². The van der Waals surface area contributed by atoms with E-state index in [-0.39, 0.29) is 15.8 Å². The van der Waals surface area contributed by atoms with Crippen LogP contribution < -0.4 is 10.1 Å². The van der Waals surface area contributed by atoms with Crippen molar-refractivity contribution in [3.63, 3.8) is 0 Å². The van der Waals surface area contributed by atoms with Gasteiger partial charge >= 0.3 is 0 Å². The maximum Gasteiger partial charge on any atom is 0.270 e. The molecule has 0 unspecified atom stereocenters. The van der Waals surface area contributed by atoms with Crippen LogP contribution in [0.4, 0.5) is 5.69 Å². The van der Waals surface area contributed by atoms with Crippen LogP contribution in [0.3, 0.4) is 0 Å². The maximum atomic E-state index is 11.8. The Balaban J connectivity index is 1.93. The molecule has 0 aliphatic carbocycles. The number of amides is 1. The highest BCUT2D eigenvalue weighted by atomic mass is 32.2. The number of thioether (sulfide) groups is 1. The highest BCUT2D eigenvalue weighted by Gasteiger charge is 2.23. The fraction of sp³-hybridized carbons (Fsp3) is 0.111.